The van der Waals surface area contributed by atoms with Crippen LogP contribution in [0.25, 0.3) is 0 Å². The molecule has 1 aliphatic heterocycles. The highest BCUT2D eigenvalue weighted by atomic mass is 16.7. The fourth-order valence-electron chi connectivity index (χ4n) is 2.16. The Morgan fingerprint density at radius 2 is 1.72 bits per heavy atom. The van der Waals surface area contributed by atoms with Gasteiger partial charge in [0.1, 0.15) is 5.60 Å². The number of hydroxylamine groups is 2. The number of hydrogen-bond donors (Lipinski definition) is 1. The number of carbonyl (C=O) groups excluding carboxylic acids is 4. The summed E-state index contributed by atoms with van der Waals surface area (Å²) in [5, 5.41) is 3.06. The molecule has 134 valence electrons. The number of carbonyl (C=O) groups is 4. The van der Waals surface area contributed by atoms with Crippen LogP contribution in [-0.2, 0) is 30.4 Å². The van der Waals surface area contributed by atoms with Crippen LogP contribution in [0.4, 0.5) is 10.5 Å². The van der Waals surface area contributed by atoms with Crippen molar-refractivity contribution >= 4 is 29.6 Å². The molecule has 0 radical (unpaired) electrons. The lowest BCUT2D eigenvalue weighted by Gasteiger charge is -2.20. The van der Waals surface area contributed by atoms with Crippen molar-refractivity contribution in [3.63, 3.8) is 0 Å². The second-order valence-electron chi connectivity index (χ2n) is 6.51. The zero-order valence-electron chi connectivity index (χ0n) is 14.3. The maximum absolute atomic E-state index is 12.0. The minimum atomic E-state index is -0.776. The summed E-state index contributed by atoms with van der Waals surface area (Å²) < 4.78 is 5.17. The van der Waals surface area contributed by atoms with Crippen LogP contribution in [0.3, 0.4) is 0 Å². The summed E-state index contributed by atoms with van der Waals surface area (Å²) in [4.78, 5) is 51.7. The van der Waals surface area contributed by atoms with Gasteiger partial charge in [0.25, 0.3) is 11.8 Å². The first kappa shape index (κ1) is 18.4. The van der Waals surface area contributed by atoms with Crippen molar-refractivity contribution in [2.45, 2.75) is 45.6 Å². The van der Waals surface area contributed by atoms with Gasteiger partial charge in [-0.3, -0.25) is 14.9 Å². The van der Waals surface area contributed by atoms with Gasteiger partial charge >= 0.3 is 12.1 Å². The monoisotopic (exact) mass is 348 g/mol. The van der Waals surface area contributed by atoms with E-state index in [-0.39, 0.29) is 19.3 Å². The van der Waals surface area contributed by atoms with Crippen LogP contribution in [0.1, 0.15) is 39.2 Å². The van der Waals surface area contributed by atoms with Gasteiger partial charge in [0, 0.05) is 18.5 Å². The number of amides is 3. The minimum Gasteiger partial charge on any atom is -0.444 e. The summed E-state index contributed by atoms with van der Waals surface area (Å²) in [6.45, 7) is 5.21. The first-order valence-electron chi connectivity index (χ1n) is 7.80. The van der Waals surface area contributed by atoms with Crippen LogP contribution < -0.4 is 5.32 Å². The number of anilines is 1. The molecule has 0 atom stereocenters. The summed E-state index contributed by atoms with van der Waals surface area (Å²) >= 11 is 0. The molecule has 1 fully saturated rings. The Labute approximate surface area is 145 Å². The summed E-state index contributed by atoms with van der Waals surface area (Å²) in [7, 11) is 0. The smallest absolute Gasteiger partial charge is 0.412 e. The molecule has 0 aliphatic carbocycles. The number of benzene rings is 1. The molecule has 1 aromatic rings. The zero-order valence-corrected chi connectivity index (χ0v) is 14.3. The molecule has 0 bridgehead atoms. The Morgan fingerprint density at radius 1 is 1.12 bits per heavy atom. The molecule has 2 rings (SSSR count). The molecule has 0 unspecified atom stereocenters. The first-order chi connectivity index (χ1) is 11.7. The standard InChI is InChI=1S/C17H20N2O6/c1-17(2,3)24-16(23)18-12-7-5-4-6-11(12)10-15(22)25-19-13(20)8-9-14(19)21/h4-7H,8-10H2,1-3H3,(H,18,23). The Bertz CT molecular complexity index is 691. The van der Waals surface area contributed by atoms with Gasteiger partial charge in [-0.25, -0.2) is 9.59 Å². The molecule has 0 aromatic heterocycles. The van der Waals surface area contributed by atoms with E-state index in [0.29, 0.717) is 16.3 Å². The number of para-hydroxylation sites is 1. The van der Waals surface area contributed by atoms with Gasteiger partial charge in [0.15, 0.2) is 0 Å². The third kappa shape index (κ3) is 5.30. The van der Waals surface area contributed by atoms with E-state index >= 15 is 0 Å². The highest BCUT2D eigenvalue weighted by molar-refractivity contribution is 6.01. The quantitative estimate of drug-likeness (QED) is 0.837. The normalized spacial score (nSPS) is 14.4. The summed E-state index contributed by atoms with van der Waals surface area (Å²) in [6.07, 6.45) is -0.812. The Morgan fingerprint density at radius 3 is 2.32 bits per heavy atom. The molecular formula is C17H20N2O6. The zero-order chi connectivity index (χ0) is 18.6. The van der Waals surface area contributed by atoms with Gasteiger partial charge < -0.3 is 9.57 Å². The maximum atomic E-state index is 12.0. The van der Waals surface area contributed by atoms with E-state index in [4.69, 9.17) is 9.57 Å². The van der Waals surface area contributed by atoms with E-state index < -0.39 is 29.5 Å². The van der Waals surface area contributed by atoms with Gasteiger partial charge in [-0.15, -0.1) is 5.06 Å². The van der Waals surface area contributed by atoms with E-state index in [1.54, 1.807) is 45.0 Å². The van der Waals surface area contributed by atoms with Crippen molar-refractivity contribution in [2.75, 3.05) is 5.32 Å². The lowest BCUT2D eigenvalue weighted by atomic mass is 10.1. The molecule has 25 heavy (non-hydrogen) atoms. The SMILES string of the molecule is CC(C)(C)OC(=O)Nc1ccccc1CC(=O)ON1C(=O)CCC1=O. The fourth-order valence-corrected chi connectivity index (χ4v) is 2.16. The van der Waals surface area contributed by atoms with E-state index in [1.165, 1.54) is 0 Å². The molecule has 0 saturated carbocycles. The average Bonchev–Trinajstić information content (AvgIpc) is 2.79. The molecule has 0 spiro atoms. The van der Waals surface area contributed by atoms with Crippen LogP contribution in [-0.4, -0.2) is 34.5 Å². The molecular weight excluding hydrogens is 328 g/mol. The number of nitrogens with one attached hydrogen (secondary N) is 1. The van der Waals surface area contributed by atoms with Crippen LogP contribution >= 0.6 is 0 Å². The molecule has 1 aromatic carbocycles. The van der Waals surface area contributed by atoms with E-state index in [9.17, 15) is 19.2 Å². The first-order valence-corrected chi connectivity index (χ1v) is 7.80. The van der Waals surface area contributed by atoms with Crippen molar-refractivity contribution in [3.8, 4) is 0 Å². The van der Waals surface area contributed by atoms with Crippen LogP contribution in [0, 0.1) is 0 Å². The highest BCUT2D eigenvalue weighted by Gasteiger charge is 2.33. The van der Waals surface area contributed by atoms with Crippen LogP contribution in [0.15, 0.2) is 24.3 Å². The summed E-state index contributed by atoms with van der Waals surface area (Å²) in [5.74, 6) is -1.86. The average molecular weight is 348 g/mol. The third-order valence-electron chi connectivity index (χ3n) is 3.19. The van der Waals surface area contributed by atoms with Gasteiger partial charge in [-0.1, -0.05) is 18.2 Å². The second-order valence-corrected chi connectivity index (χ2v) is 6.51. The largest absolute Gasteiger partial charge is 0.444 e. The lowest BCUT2D eigenvalue weighted by Crippen LogP contribution is -2.32. The molecule has 1 aliphatic rings. The van der Waals surface area contributed by atoms with Crippen molar-refractivity contribution in [1.29, 1.82) is 0 Å². The van der Waals surface area contributed by atoms with Gasteiger partial charge in [-0.2, -0.15) is 0 Å². The predicted octanol–water partition coefficient (Wildman–Crippen LogP) is 2.18. The predicted molar refractivity (Wildman–Crippen MR) is 87.2 cm³/mol. The van der Waals surface area contributed by atoms with Crippen LogP contribution in [0.2, 0.25) is 0 Å². The molecule has 8 nitrogen and oxygen atoms in total. The molecule has 8 heteroatoms. The van der Waals surface area contributed by atoms with Gasteiger partial charge in [-0.05, 0) is 32.4 Å². The number of ether oxygens (including phenoxy) is 1. The summed E-state index contributed by atoms with van der Waals surface area (Å²) in [6, 6.07) is 6.62. The third-order valence-corrected chi connectivity index (χ3v) is 3.19. The molecule has 3 amide bonds. The second kappa shape index (κ2) is 7.33. The Kier molecular flexibility index (Phi) is 5.41. The van der Waals surface area contributed by atoms with Crippen molar-refractivity contribution in [1.82, 2.24) is 5.06 Å². The lowest BCUT2D eigenvalue weighted by molar-refractivity contribution is -0.197. The number of rotatable bonds is 4. The molecule has 1 N–H and O–H groups in total. The van der Waals surface area contributed by atoms with Crippen LogP contribution in [0.5, 0.6) is 0 Å². The Balaban J connectivity index is 2.02. The van der Waals surface area contributed by atoms with Crippen molar-refractivity contribution in [2.24, 2.45) is 0 Å². The van der Waals surface area contributed by atoms with E-state index in [2.05, 4.69) is 5.32 Å². The Hall–Kier alpha value is -2.90. The van der Waals surface area contributed by atoms with E-state index in [1.807, 2.05) is 0 Å². The molecule has 1 saturated heterocycles. The topological polar surface area (TPSA) is 102 Å². The van der Waals surface area contributed by atoms with Gasteiger partial charge in [0.2, 0.25) is 0 Å². The number of nitrogens with zero attached hydrogens (tertiary/aromatic N) is 1. The minimum absolute atomic E-state index is 0.0307. The van der Waals surface area contributed by atoms with Crippen molar-refractivity contribution in [3.05, 3.63) is 29.8 Å². The number of imide groups is 1. The molecule has 1 heterocycles. The van der Waals surface area contributed by atoms with E-state index in [0.717, 1.165) is 0 Å². The van der Waals surface area contributed by atoms with Gasteiger partial charge in [0.05, 0.1) is 6.42 Å². The highest BCUT2D eigenvalue weighted by Crippen LogP contribution is 2.19. The van der Waals surface area contributed by atoms with Crippen molar-refractivity contribution < 1.29 is 28.8 Å². The number of hydrogen-bond acceptors (Lipinski definition) is 6. The summed E-state index contributed by atoms with van der Waals surface area (Å²) in [5.41, 5.74) is 0.194. The fraction of sp³-hybridized carbons (Fsp3) is 0.412. The maximum Gasteiger partial charge on any atom is 0.412 e.